The van der Waals surface area contributed by atoms with Crippen LogP contribution in [0.2, 0.25) is 0 Å². The molecule has 2 aromatic carbocycles. The van der Waals surface area contributed by atoms with Crippen molar-refractivity contribution in [3.05, 3.63) is 59.7 Å². The molecule has 4 atom stereocenters. The first-order chi connectivity index (χ1) is 16.0. The van der Waals surface area contributed by atoms with Gasteiger partial charge in [-0.05, 0) is 51.0 Å². The van der Waals surface area contributed by atoms with Gasteiger partial charge in [0.2, 0.25) is 0 Å². The molecule has 2 aromatic rings. The van der Waals surface area contributed by atoms with Crippen LogP contribution in [0.15, 0.2) is 58.3 Å². The highest BCUT2D eigenvalue weighted by molar-refractivity contribution is 7.87. The number of rotatable bonds is 8. The first kappa shape index (κ1) is 24.6. The fourth-order valence-corrected chi connectivity index (χ4v) is 6.80. The number of hydrogen-bond acceptors (Lipinski definition) is 7. The second kappa shape index (κ2) is 9.29. The SMILES string of the molecule is Cc1ccc(S(=O)(=O)OC[C@@H]2[C@H](COS(=O)(=O)c3ccc(C)cc3)[C@@H]3CC[C@H]2N3C(=O)O)cc1. The first-order valence-corrected chi connectivity index (χ1v) is 13.7. The monoisotopic (exact) mass is 509 g/mol. The van der Waals surface area contributed by atoms with Crippen LogP contribution >= 0.6 is 0 Å². The lowest BCUT2D eigenvalue weighted by molar-refractivity contribution is 0.131. The molecule has 9 nitrogen and oxygen atoms in total. The Morgan fingerprint density at radius 1 is 0.794 bits per heavy atom. The van der Waals surface area contributed by atoms with Crippen molar-refractivity contribution in [1.82, 2.24) is 4.90 Å². The molecule has 2 aliphatic rings. The minimum atomic E-state index is -4.06. The highest BCUT2D eigenvalue weighted by Gasteiger charge is 2.55. The van der Waals surface area contributed by atoms with E-state index in [-0.39, 0.29) is 23.0 Å². The predicted octanol–water partition coefficient (Wildman–Crippen LogP) is 3.17. The van der Waals surface area contributed by atoms with Crippen LogP contribution < -0.4 is 0 Å². The highest BCUT2D eigenvalue weighted by atomic mass is 32.2. The molecule has 2 fully saturated rings. The summed E-state index contributed by atoms with van der Waals surface area (Å²) in [5.74, 6) is -1.05. The van der Waals surface area contributed by atoms with E-state index in [4.69, 9.17) is 8.37 Å². The Hall–Kier alpha value is -2.47. The molecule has 1 amide bonds. The molecule has 4 rings (SSSR count). The Morgan fingerprint density at radius 3 is 1.47 bits per heavy atom. The van der Waals surface area contributed by atoms with E-state index in [0.29, 0.717) is 12.8 Å². The summed E-state index contributed by atoms with van der Waals surface area (Å²) in [5, 5.41) is 9.70. The maximum absolute atomic E-state index is 12.7. The summed E-state index contributed by atoms with van der Waals surface area (Å²) in [6, 6.07) is 11.5. The van der Waals surface area contributed by atoms with Gasteiger partial charge in [0.15, 0.2) is 0 Å². The molecule has 0 unspecified atom stereocenters. The largest absolute Gasteiger partial charge is 0.465 e. The first-order valence-electron chi connectivity index (χ1n) is 10.9. The summed E-state index contributed by atoms with van der Waals surface area (Å²) in [6.45, 7) is 3.14. The maximum Gasteiger partial charge on any atom is 0.407 e. The quantitative estimate of drug-likeness (QED) is 0.538. The number of aryl methyl sites for hydroxylation is 2. The van der Waals surface area contributed by atoms with Gasteiger partial charge in [0.1, 0.15) is 0 Å². The minimum absolute atomic E-state index is 0.00564. The molecule has 0 radical (unpaired) electrons. The van der Waals surface area contributed by atoms with E-state index in [9.17, 15) is 26.7 Å². The molecule has 2 aliphatic heterocycles. The van der Waals surface area contributed by atoms with Crippen LogP contribution in [-0.2, 0) is 28.6 Å². The number of benzene rings is 2. The summed E-state index contributed by atoms with van der Waals surface area (Å²) in [5.41, 5.74) is 1.80. The molecule has 2 saturated heterocycles. The van der Waals surface area contributed by atoms with Gasteiger partial charge in [0.05, 0.1) is 23.0 Å². The Balaban J connectivity index is 1.52. The number of carbonyl (C=O) groups is 1. The molecule has 184 valence electrons. The van der Waals surface area contributed by atoms with E-state index in [0.717, 1.165) is 11.1 Å². The van der Waals surface area contributed by atoms with Crippen molar-refractivity contribution in [3.8, 4) is 0 Å². The van der Waals surface area contributed by atoms with Gasteiger partial charge in [-0.3, -0.25) is 8.37 Å². The van der Waals surface area contributed by atoms with E-state index in [1.165, 1.54) is 29.2 Å². The molecule has 0 saturated carbocycles. The van der Waals surface area contributed by atoms with Crippen LogP contribution in [0.5, 0.6) is 0 Å². The van der Waals surface area contributed by atoms with Gasteiger partial charge in [0, 0.05) is 23.9 Å². The lowest BCUT2D eigenvalue weighted by Crippen LogP contribution is -2.36. The molecule has 11 heteroatoms. The number of nitrogens with zero attached hydrogens (tertiary/aromatic N) is 1. The van der Waals surface area contributed by atoms with Crippen molar-refractivity contribution in [2.24, 2.45) is 11.8 Å². The smallest absolute Gasteiger partial charge is 0.407 e. The average molecular weight is 510 g/mol. The highest BCUT2D eigenvalue weighted by Crippen LogP contribution is 2.46. The lowest BCUT2D eigenvalue weighted by Gasteiger charge is -2.27. The molecule has 34 heavy (non-hydrogen) atoms. The van der Waals surface area contributed by atoms with Crippen molar-refractivity contribution in [1.29, 1.82) is 0 Å². The summed E-state index contributed by atoms with van der Waals surface area (Å²) in [7, 11) is -8.12. The molecule has 0 spiro atoms. The second-order valence-electron chi connectivity index (χ2n) is 8.83. The van der Waals surface area contributed by atoms with E-state index >= 15 is 0 Å². The number of hydrogen-bond donors (Lipinski definition) is 1. The zero-order chi connectivity index (χ0) is 24.7. The van der Waals surface area contributed by atoms with E-state index in [2.05, 4.69) is 0 Å². The second-order valence-corrected chi connectivity index (χ2v) is 12.1. The molecular formula is C23H27NO8S2. The zero-order valence-electron chi connectivity index (χ0n) is 18.8. The van der Waals surface area contributed by atoms with Gasteiger partial charge in [0.25, 0.3) is 20.2 Å². The average Bonchev–Trinajstić information content (AvgIpc) is 3.34. The van der Waals surface area contributed by atoms with Crippen molar-refractivity contribution >= 4 is 26.3 Å². The van der Waals surface area contributed by atoms with E-state index < -0.39 is 50.2 Å². The summed E-state index contributed by atoms with van der Waals surface area (Å²) < 4.78 is 61.4. The van der Waals surface area contributed by atoms with Crippen molar-refractivity contribution in [2.45, 2.75) is 48.6 Å². The number of amides is 1. The van der Waals surface area contributed by atoms with Gasteiger partial charge in [-0.2, -0.15) is 16.8 Å². The maximum atomic E-state index is 12.7. The Bertz CT molecular complexity index is 1160. The molecule has 1 N–H and O–H groups in total. The van der Waals surface area contributed by atoms with Crippen LogP contribution in [0.3, 0.4) is 0 Å². The molecule has 0 aromatic heterocycles. The topological polar surface area (TPSA) is 127 Å². The minimum Gasteiger partial charge on any atom is -0.465 e. The lowest BCUT2D eigenvalue weighted by atomic mass is 9.80. The van der Waals surface area contributed by atoms with Crippen molar-refractivity contribution in [2.75, 3.05) is 13.2 Å². The van der Waals surface area contributed by atoms with Gasteiger partial charge in [-0.1, -0.05) is 35.4 Å². The molecule has 2 heterocycles. The predicted molar refractivity (Wildman–Crippen MR) is 122 cm³/mol. The number of carboxylic acid groups (broad SMARTS) is 1. The third-order valence-corrected chi connectivity index (χ3v) is 9.27. The Morgan fingerprint density at radius 2 is 1.15 bits per heavy atom. The number of fused-ring (bicyclic) bond motifs is 2. The third-order valence-electron chi connectivity index (χ3n) is 6.68. The van der Waals surface area contributed by atoms with Crippen molar-refractivity contribution < 1.29 is 35.1 Å². The van der Waals surface area contributed by atoms with Gasteiger partial charge in [-0.25, -0.2) is 4.79 Å². The fourth-order valence-electron chi connectivity index (χ4n) is 4.91. The molecular weight excluding hydrogens is 482 g/mol. The van der Waals surface area contributed by atoms with Crippen LogP contribution in [0.1, 0.15) is 24.0 Å². The zero-order valence-corrected chi connectivity index (χ0v) is 20.5. The van der Waals surface area contributed by atoms with Gasteiger partial charge >= 0.3 is 6.09 Å². The Kier molecular flexibility index (Phi) is 6.74. The van der Waals surface area contributed by atoms with Gasteiger partial charge in [-0.15, -0.1) is 0 Å². The molecule has 0 aliphatic carbocycles. The summed E-state index contributed by atoms with van der Waals surface area (Å²) in [4.78, 5) is 13.2. The normalized spacial score (nSPS) is 24.5. The van der Waals surface area contributed by atoms with E-state index in [1.807, 2.05) is 13.8 Å². The summed E-state index contributed by atoms with van der Waals surface area (Å²) >= 11 is 0. The van der Waals surface area contributed by atoms with Crippen LogP contribution in [-0.4, -0.2) is 58.2 Å². The van der Waals surface area contributed by atoms with Crippen LogP contribution in [0.25, 0.3) is 0 Å². The third kappa shape index (κ3) is 4.83. The van der Waals surface area contributed by atoms with Crippen LogP contribution in [0, 0.1) is 25.7 Å². The van der Waals surface area contributed by atoms with Crippen LogP contribution in [0.4, 0.5) is 4.79 Å². The van der Waals surface area contributed by atoms with Crippen molar-refractivity contribution in [3.63, 3.8) is 0 Å². The molecule has 2 bridgehead atoms. The summed E-state index contributed by atoms with van der Waals surface area (Å²) in [6.07, 6.45) is -0.0177. The fraction of sp³-hybridized carbons (Fsp3) is 0.435. The standard InChI is InChI=1S/C23H27NO8S2/c1-15-3-7-17(8-4-15)33(27,28)31-13-19-20(22-12-11-21(19)24(22)23(25)26)14-32-34(29,30)18-9-5-16(2)6-10-18/h3-10,19-22H,11-14H2,1-2H3,(H,25,26)/t19-,20+,21-,22+. The van der Waals surface area contributed by atoms with Gasteiger partial charge < -0.3 is 10.0 Å². The Labute approximate surface area is 199 Å². The van der Waals surface area contributed by atoms with E-state index in [1.54, 1.807) is 24.3 Å².